The second-order valence-corrected chi connectivity index (χ2v) is 7.01. The molecule has 0 saturated carbocycles. The van der Waals surface area contributed by atoms with Crippen LogP contribution in [0.4, 0.5) is 5.69 Å². The van der Waals surface area contributed by atoms with E-state index in [1.165, 1.54) is 23.8 Å². The molecule has 7 nitrogen and oxygen atoms in total. The fraction of sp³-hybridized carbons (Fsp3) is 0.211. The molecule has 3 rings (SSSR count). The molecular formula is C19H18ClN3O4S. The van der Waals surface area contributed by atoms with Crippen molar-refractivity contribution in [1.29, 1.82) is 0 Å². The van der Waals surface area contributed by atoms with E-state index >= 15 is 0 Å². The molecule has 1 aliphatic rings. The zero-order valence-electron chi connectivity index (χ0n) is 15.7. The number of amides is 1. The van der Waals surface area contributed by atoms with Crippen LogP contribution in [0.25, 0.3) is 6.08 Å². The van der Waals surface area contributed by atoms with Gasteiger partial charge in [0.1, 0.15) is 5.69 Å². The van der Waals surface area contributed by atoms with Crippen molar-refractivity contribution in [2.75, 3.05) is 28.4 Å². The van der Waals surface area contributed by atoms with Gasteiger partial charge in [0.25, 0.3) is 5.91 Å². The molecule has 1 aliphatic heterocycles. The van der Waals surface area contributed by atoms with E-state index in [1.54, 1.807) is 57.8 Å². The molecule has 1 amide bonds. The average molecular weight is 420 g/mol. The first-order valence-electron chi connectivity index (χ1n) is 8.15. The number of aromatic nitrogens is 1. The maximum Gasteiger partial charge on any atom is 0.266 e. The number of methoxy groups -OCH3 is 3. The number of carbonyl (C=O) groups is 1. The quantitative estimate of drug-likeness (QED) is 0.538. The Morgan fingerprint density at radius 2 is 1.86 bits per heavy atom. The molecule has 0 atom stereocenters. The Labute approximate surface area is 172 Å². The second kappa shape index (κ2) is 8.53. The lowest BCUT2D eigenvalue weighted by atomic mass is 10.1. The molecule has 1 aromatic carbocycles. The highest BCUT2D eigenvalue weighted by molar-refractivity contribution is 8.18. The van der Waals surface area contributed by atoms with Gasteiger partial charge in [0, 0.05) is 13.2 Å². The standard InChI is InChI=1S/C19H18ClN3O4S/c1-23-18(24)15(28-19(23)22-12-6-5-7-21-17(12)20)10-11-8-13(25-2)16(27-4)14(9-11)26-3/h5-10H,1-4H3/b15-10-,22-19?. The smallest absolute Gasteiger partial charge is 0.266 e. The van der Waals surface area contributed by atoms with Gasteiger partial charge < -0.3 is 14.2 Å². The molecule has 146 valence electrons. The summed E-state index contributed by atoms with van der Waals surface area (Å²) < 4.78 is 16.1. The van der Waals surface area contributed by atoms with Gasteiger partial charge in [-0.05, 0) is 47.7 Å². The van der Waals surface area contributed by atoms with Crippen molar-refractivity contribution < 1.29 is 19.0 Å². The van der Waals surface area contributed by atoms with Crippen molar-refractivity contribution in [1.82, 2.24) is 9.88 Å². The van der Waals surface area contributed by atoms with E-state index in [1.807, 2.05) is 0 Å². The Morgan fingerprint density at radius 1 is 1.18 bits per heavy atom. The van der Waals surface area contributed by atoms with Crippen LogP contribution in [0, 0.1) is 0 Å². The molecule has 0 bridgehead atoms. The number of aliphatic imine (C=N–C) groups is 1. The topological polar surface area (TPSA) is 73.3 Å². The molecule has 1 aromatic heterocycles. The van der Waals surface area contributed by atoms with E-state index in [-0.39, 0.29) is 11.1 Å². The summed E-state index contributed by atoms with van der Waals surface area (Å²) in [6, 6.07) is 7.02. The minimum absolute atomic E-state index is 0.169. The largest absolute Gasteiger partial charge is 0.493 e. The monoisotopic (exact) mass is 419 g/mol. The lowest BCUT2D eigenvalue weighted by Gasteiger charge is -2.13. The summed E-state index contributed by atoms with van der Waals surface area (Å²) in [6.07, 6.45) is 3.33. The minimum atomic E-state index is -0.169. The van der Waals surface area contributed by atoms with Gasteiger partial charge in [-0.2, -0.15) is 0 Å². The van der Waals surface area contributed by atoms with E-state index in [0.29, 0.717) is 33.0 Å². The molecular weight excluding hydrogens is 402 g/mol. The number of amidine groups is 1. The fourth-order valence-corrected chi connectivity index (χ4v) is 3.69. The fourth-order valence-electron chi connectivity index (χ4n) is 2.55. The molecule has 0 radical (unpaired) electrons. The van der Waals surface area contributed by atoms with Crippen LogP contribution in [-0.4, -0.2) is 49.3 Å². The molecule has 0 unspecified atom stereocenters. The van der Waals surface area contributed by atoms with Crippen molar-refractivity contribution in [2.24, 2.45) is 4.99 Å². The molecule has 1 saturated heterocycles. The number of pyridine rings is 1. The molecule has 0 spiro atoms. The van der Waals surface area contributed by atoms with Gasteiger partial charge in [-0.3, -0.25) is 9.69 Å². The summed E-state index contributed by atoms with van der Waals surface area (Å²) in [5.74, 6) is 1.34. The van der Waals surface area contributed by atoms with Gasteiger partial charge >= 0.3 is 0 Å². The number of hydrogen-bond acceptors (Lipinski definition) is 7. The van der Waals surface area contributed by atoms with E-state index in [0.717, 1.165) is 5.56 Å². The number of likely N-dealkylation sites (N-methyl/N-ethyl adjacent to an activating group) is 1. The van der Waals surface area contributed by atoms with Crippen LogP contribution >= 0.6 is 23.4 Å². The highest BCUT2D eigenvalue weighted by atomic mass is 35.5. The van der Waals surface area contributed by atoms with Crippen LogP contribution in [0.15, 0.2) is 40.4 Å². The van der Waals surface area contributed by atoms with E-state index in [4.69, 9.17) is 25.8 Å². The summed E-state index contributed by atoms with van der Waals surface area (Å²) >= 11 is 7.31. The molecule has 2 aromatic rings. The van der Waals surface area contributed by atoms with Crippen LogP contribution in [0.1, 0.15) is 5.56 Å². The molecule has 0 aliphatic carbocycles. The number of benzene rings is 1. The zero-order valence-corrected chi connectivity index (χ0v) is 17.3. The lowest BCUT2D eigenvalue weighted by molar-refractivity contribution is -0.121. The van der Waals surface area contributed by atoms with E-state index in [2.05, 4.69) is 9.98 Å². The molecule has 1 fully saturated rings. The number of carbonyl (C=O) groups excluding carboxylic acids is 1. The van der Waals surface area contributed by atoms with Crippen molar-refractivity contribution in [3.63, 3.8) is 0 Å². The number of thioether (sulfide) groups is 1. The highest BCUT2D eigenvalue weighted by Crippen LogP contribution is 2.40. The van der Waals surface area contributed by atoms with Gasteiger partial charge in [0.05, 0.1) is 26.2 Å². The van der Waals surface area contributed by atoms with Crippen LogP contribution in [0.2, 0.25) is 5.15 Å². The number of nitrogens with zero attached hydrogens (tertiary/aromatic N) is 3. The summed E-state index contributed by atoms with van der Waals surface area (Å²) in [5.41, 5.74) is 1.24. The first-order valence-corrected chi connectivity index (χ1v) is 9.34. The third kappa shape index (κ3) is 3.93. The van der Waals surface area contributed by atoms with Crippen molar-refractivity contribution in [3.05, 3.63) is 46.1 Å². The van der Waals surface area contributed by atoms with Crippen molar-refractivity contribution >= 4 is 46.2 Å². The SMILES string of the molecule is COc1cc(/C=C2\SC(=Nc3cccnc3Cl)N(C)C2=O)cc(OC)c1OC. The normalized spacial score (nSPS) is 16.8. The van der Waals surface area contributed by atoms with Crippen LogP contribution in [-0.2, 0) is 4.79 Å². The van der Waals surface area contributed by atoms with E-state index in [9.17, 15) is 4.79 Å². The molecule has 28 heavy (non-hydrogen) atoms. The Balaban J connectivity index is 1.97. The second-order valence-electron chi connectivity index (χ2n) is 5.64. The predicted octanol–water partition coefficient (Wildman–Crippen LogP) is 3.99. The minimum Gasteiger partial charge on any atom is -0.493 e. The van der Waals surface area contributed by atoms with Crippen LogP contribution < -0.4 is 14.2 Å². The third-order valence-electron chi connectivity index (χ3n) is 3.94. The van der Waals surface area contributed by atoms with Crippen molar-refractivity contribution in [3.8, 4) is 17.2 Å². The summed E-state index contributed by atoms with van der Waals surface area (Å²) in [6.45, 7) is 0. The number of rotatable bonds is 5. The Morgan fingerprint density at radius 3 is 2.43 bits per heavy atom. The van der Waals surface area contributed by atoms with Gasteiger partial charge in [0.2, 0.25) is 5.75 Å². The Hall–Kier alpha value is -2.71. The number of halogens is 1. The molecule has 2 heterocycles. The summed E-state index contributed by atoms with van der Waals surface area (Å²) in [7, 11) is 6.28. The third-order valence-corrected chi connectivity index (χ3v) is 5.30. The molecule has 0 N–H and O–H groups in total. The van der Waals surface area contributed by atoms with Crippen LogP contribution in [0.5, 0.6) is 17.2 Å². The highest BCUT2D eigenvalue weighted by Gasteiger charge is 2.30. The van der Waals surface area contributed by atoms with Gasteiger partial charge in [-0.25, -0.2) is 9.98 Å². The van der Waals surface area contributed by atoms with Crippen molar-refractivity contribution in [2.45, 2.75) is 0 Å². The summed E-state index contributed by atoms with van der Waals surface area (Å²) in [4.78, 5) is 23.1. The molecule has 9 heteroatoms. The maximum atomic E-state index is 12.6. The first kappa shape index (κ1) is 20.0. The van der Waals surface area contributed by atoms with Gasteiger partial charge in [-0.1, -0.05) is 11.6 Å². The number of hydrogen-bond donors (Lipinski definition) is 0. The van der Waals surface area contributed by atoms with Gasteiger partial charge in [0.15, 0.2) is 21.8 Å². The van der Waals surface area contributed by atoms with E-state index < -0.39 is 0 Å². The maximum absolute atomic E-state index is 12.6. The zero-order chi connectivity index (χ0) is 20.3. The van der Waals surface area contributed by atoms with Gasteiger partial charge in [-0.15, -0.1) is 0 Å². The average Bonchev–Trinajstić information content (AvgIpc) is 2.96. The first-order chi connectivity index (χ1) is 13.5. The summed E-state index contributed by atoms with van der Waals surface area (Å²) in [5, 5.41) is 0.789. The Kier molecular flexibility index (Phi) is 6.11. The van der Waals surface area contributed by atoms with Crippen LogP contribution in [0.3, 0.4) is 0 Å². The lowest BCUT2D eigenvalue weighted by Crippen LogP contribution is -2.23. The predicted molar refractivity (Wildman–Crippen MR) is 111 cm³/mol. The number of ether oxygens (including phenoxy) is 3. The Bertz CT molecular complexity index is 952.